The van der Waals surface area contributed by atoms with Crippen LogP contribution in [0.4, 0.5) is 8.78 Å². The zero-order valence-electron chi connectivity index (χ0n) is 16.8. The molecule has 1 saturated carbocycles. The molecule has 10 heteroatoms. The molecule has 3 heterocycles. The second-order valence-electron chi connectivity index (χ2n) is 7.29. The van der Waals surface area contributed by atoms with Gasteiger partial charge in [0.05, 0.1) is 11.7 Å². The molecular formula is C21H21F2N5O2S. The van der Waals surface area contributed by atoms with Gasteiger partial charge in [-0.3, -0.25) is 4.79 Å². The average Bonchev–Trinajstić information content (AvgIpc) is 3.35. The van der Waals surface area contributed by atoms with E-state index in [4.69, 9.17) is 10.5 Å². The van der Waals surface area contributed by atoms with Crippen LogP contribution >= 0.6 is 11.3 Å². The molecule has 7 nitrogen and oxygen atoms in total. The van der Waals surface area contributed by atoms with Crippen LogP contribution < -0.4 is 11.1 Å². The molecule has 1 amide bonds. The fourth-order valence-electron chi connectivity index (χ4n) is 3.61. The van der Waals surface area contributed by atoms with Crippen molar-refractivity contribution < 1.29 is 18.3 Å². The number of ether oxygens (including phenoxy) is 1. The number of nitrogens with one attached hydrogen (secondary N) is 1. The van der Waals surface area contributed by atoms with E-state index in [2.05, 4.69) is 27.2 Å². The van der Waals surface area contributed by atoms with Crippen LogP contribution in [0.1, 0.15) is 33.9 Å². The number of pyridine rings is 1. The number of thiazole rings is 1. The van der Waals surface area contributed by atoms with Gasteiger partial charge in [0.2, 0.25) is 0 Å². The first-order valence-electron chi connectivity index (χ1n) is 9.76. The number of hydrogen-bond donors (Lipinski definition) is 2. The first-order chi connectivity index (χ1) is 14.9. The maximum Gasteiger partial charge on any atom is 0.280 e. The number of nitrogens with two attached hydrogens (primary N) is 1. The van der Waals surface area contributed by atoms with Gasteiger partial charge in [-0.15, -0.1) is 0 Å². The molecule has 4 rings (SSSR count). The molecule has 0 radical (unpaired) electrons. The third-order valence-corrected chi connectivity index (χ3v) is 6.11. The molecule has 2 atom stereocenters. The van der Waals surface area contributed by atoms with Crippen LogP contribution in [0.5, 0.6) is 0 Å². The Balaban J connectivity index is 1.70. The lowest BCUT2D eigenvalue weighted by Gasteiger charge is -2.36. The van der Waals surface area contributed by atoms with Crippen molar-refractivity contribution in [3.63, 3.8) is 0 Å². The first kappa shape index (κ1) is 21.4. The first-order valence-corrected chi connectivity index (χ1v) is 10.6. The van der Waals surface area contributed by atoms with E-state index in [0.717, 1.165) is 16.9 Å². The van der Waals surface area contributed by atoms with E-state index in [1.807, 2.05) is 18.2 Å². The molecule has 0 aliphatic heterocycles. The highest BCUT2D eigenvalue weighted by atomic mass is 32.1. The van der Waals surface area contributed by atoms with Gasteiger partial charge in [0.15, 0.2) is 5.01 Å². The maximum absolute atomic E-state index is 14.3. The molecule has 0 spiro atoms. The van der Waals surface area contributed by atoms with Crippen molar-refractivity contribution in [2.24, 2.45) is 5.73 Å². The minimum Gasteiger partial charge on any atom is -0.372 e. The summed E-state index contributed by atoms with van der Waals surface area (Å²) >= 11 is 1.04. The Kier molecular flexibility index (Phi) is 6.00. The van der Waals surface area contributed by atoms with Gasteiger partial charge in [-0.2, -0.15) is 5.10 Å². The van der Waals surface area contributed by atoms with Gasteiger partial charge in [-0.1, -0.05) is 29.2 Å². The molecule has 0 saturated heterocycles. The number of carbonyl (C=O) groups is 1. The number of rotatable bonds is 4. The van der Waals surface area contributed by atoms with E-state index >= 15 is 0 Å². The molecule has 1 aliphatic rings. The fraction of sp³-hybridized carbons (Fsp3) is 0.381. The minimum atomic E-state index is -3.06. The molecule has 0 aromatic carbocycles. The predicted octanol–water partition coefficient (Wildman–Crippen LogP) is 2.70. The highest BCUT2D eigenvalue weighted by Gasteiger charge is 2.46. The van der Waals surface area contributed by atoms with Crippen molar-refractivity contribution in [1.29, 1.82) is 0 Å². The van der Waals surface area contributed by atoms with Crippen LogP contribution in [0, 0.1) is 11.8 Å². The largest absolute Gasteiger partial charge is 0.372 e. The van der Waals surface area contributed by atoms with Gasteiger partial charge in [0.25, 0.3) is 11.8 Å². The Bertz CT molecular complexity index is 1160. The summed E-state index contributed by atoms with van der Waals surface area (Å²) in [6, 6.07) is 3.34. The highest BCUT2D eigenvalue weighted by Crippen LogP contribution is 2.34. The van der Waals surface area contributed by atoms with Crippen molar-refractivity contribution in [3.05, 3.63) is 40.5 Å². The van der Waals surface area contributed by atoms with Crippen molar-refractivity contribution in [2.75, 3.05) is 13.7 Å². The molecule has 31 heavy (non-hydrogen) atoms. The topological polar surface area (TPSA) is 94.5 Å². The van der Waals surface area contributed by atoms with E-state index in [9.17, 15) is 13.6 Å². The van der Waals surface area contributed by atoms with Crippen molar-refractivity contribution in [1.82, 2.24) is 19.9 Å². The lowest BCUT2D eigenvalue weighted by atomic mass is 9.87. The summed E-state index contributed by atoms with van der Waals surface area (Å²) < 4.78 is 35.3. The smallest absolute Gasteiger partial charge is 0.280 e. The predicted molar refractivity (Wildman–Crippen MR) is 113 cm³/mol. The second-order valence-corrected chi connectivity index (χ2v) is 8.29. The number of nitrogens with zero attached hydrogens (tertiary/aromatic N) is 3. The molecule has 3 aromatic rings. The Hall–Kier alpha value is -2.87. The number of hydrogen-bond acceptors (Lipinski definition) is 6. The van der Waals surface area contributed by atoms with E-state index in [0.29, 0.717) is 29.0 Å². The Morgan fingerprint density at radius 3 is 3.10 bits per heavy atom. The second kappa shape index (κ2) is 8.70. The number of amides is 1. The number of fused-ring (bicyclic) bond motifs is 1. The monoisotopic (exact) mass is 445 g/mol. The molecule has 0 unspecified atom stereocenters. The van der Waals surface area contributed by atoms with Crippen LogP contribution in [0.15, 0.2) is 30.6 Å². The van der Waals surface area contributed by atoms with Crippen molar-refractivity contribution >= 4 is 22.8 Å². The van der Waals surface area contributed by atoms with Crippen molar-refractivity contribution in [2.45, 2.75) is 37.3 Å². The summed E-state index contributed by atoms with van der Waals surface area (Å²) in [5.41, 5.74) is 7.83. The highest BCUT2D eigenvalue weighted by molar-refractivity contribution is 7.14. The van der Waals surface area contributed by atoms with Crippen LogP contribution in [-0.2, 0) is 4.74 Å². The lowest BCUT2D eigenvalue weighted by molar-refractivity contribution is -0.0674. The van der Waals surface area contributed by atoms with Crippen LogP contribution in [0.25, 0.3) is 16.8 Å². The van der Waals surface area contributed by atoms with Gasteiger partial charge in [-0.25, -0.2) is 18.3 Å². The Labute approximate surface area is 181 Å². The molecule has 3 aromatic heterocycles. The van der Waals surface area contributed by atoms with E-state index < -0.39 is 23.9 Å². The lowest BCUT2D eigenvalue weighted by Crippen LogP contribution is -2.59. The zero-order chi connectivity index (χ0) is 22.0. The number of carbonyl (C=O) groups excluding carboxylic acids is 1. The van der Waals surface area contributed by atoms with Crippen LogP contribution in [0.3, 0.4) is 0 Å². The van der Waals surface area contributed by atoms with Gasteiger partial charge in [-0.05, 0) is 25.0 Å². The van der Waals surface area contributed by atoms with Crippen LogP contribution in [0.2, 0.25) is 0 Å². The number of methoxy groups -OCH3 is 1. The molecule has 0 bridgehead atoms. The zero-order valence-corrected chi connectivity index (χ0v) is 17.6. The van der Waals surface area contributed by atoms with Gasteiger partial charge < -0.3 is 15.8 Å². The van der Waals surface area contributed by atoms with E-state index in [1.165, 1.54) is 7.11 Å². The molecular weight excluding hydrogens is 424 g/mol. The van der Waals surface area contributed by atoms with Crippen molar-refractivity contribution in [3.8, 4) is 23.1 Å². The molecule has 1 aliphatic carbocycles. The van der Waals surface area contributed by atoms with Gasteiger partial charge in [0, 0.05) is 31.3 Å². The van der Waals surface area contributed by atoms with Gasteiger partial charge in [0.1, 0.15) is 23.2 Å². The Morgan fingerprint density at radius 1 is 1.48 bits per heavy atom. The molecule has 1 fully saturated rings. The fourth-order valence-corrected chi connectivity index (χ4v) is 4.47. The van der Waals surface area contributed by atoms with Gasteiger partial charge >= 0.3 is 0 Å². The summed E-state index contributed by atoms with van der Waals surface area (Å²) in [5.74, 6) is 2.07. The maximum atomic E-state index is 14.3. The summed E-state index contributed by atoms with van der Waals surface area (Å²) in [4.78, 5) is 17.8. The quantitative estimate of drug-likeness (QED) is 0.603. The number of alkyl halides is 2. The standard InChI is InChI=1S/C21H21F2N5O2S/c1-30-11-5-8-16-17(13-12-25-28-10-3-2-7-15(13)28)26-20(31-16)19(29)27-18-14(24)6-4-9-21(18,22)23/h2-3,7,10,12,14,18H,4,6,9,11,24H2,1H3,(H,27,29)/t14-,18-/m1/s1. The third-order valence-electron chi connectivity index (χ3n) is 5.14. The number of halogens is 2. The summed E-state index contributed by atoms with van der Waals surface area (Å²) in [6.07, 6.45) is 3.89. The summed E-state index contributed by atoms with van der Waals surface area (Å²) in [6.45, 7) is 0.205. The molecule has 3 N–H and O–H groups in total. The average molecular weight is 445 g/mol. The summed E-state index contributed by atoms with van der Waals surface area (Å²) in [5, 5.41) is 6.75. The Morgan fingerprint density at radius 2 is 2.32 bits per heavy atom. The molecule has 162 valence electrons. The minimum absolute atomic E-state index is 0.0422. The third kappa shape index (κ3) is 4.30. The normalized spacial score (nSPS) is 20.3. The summed E-state index contributed by atoms with van der Waals surface area (Å²) in [7, 11) is 1.53. The number of aromatic nitrogens is 3. The van der Waals surface area contributed by atoms with E-state index in [1.54, 1.807) is 16.9 Å². The van der Waals surface area contributed by atoms with E-state index in [-0.39, 0.29) is 18.0 Å². The van der Waals surface area contributed by atoms with Crippen LogP contribution in [-0.4, -0.2) is 52.2 Å². The SMILES string of the molecule is COCC#Cc1sc(C(=O)N[C@@H]2[C@H](N)CCCC2(F)F)nc1-c1cnn2ccccc12.